The molecule has 1 saturated heterocycles. The van der Waals surface area contributed by atoms with Gasteiger partial charge in [-0.25, -0.2) is 0 Å². The number of hydrogen-bond acceptors (Lipinski definition) is 4. The molecule has 1 aliphatic rings. The monoisotopic (exact) mass is 349 g/mol. The molecule has 0 aromatic carbocycles. The largest absolute Gasteiger partial charge is 0.481 e. The van der Waals surface area contributed by atoms with Gasteiger partial charge in [0.05, 0.1) is 12.1 Å². The first kappa shape index (κ1) is 19.0. The maximum absolute atomic E-state index is 12.1. The maximum atomic E-state index is 12.1. The molecule has 1 fully saturated rings. The van der Waals surface area contributed by atoms with Gasteiger partial charge >= 0.3 is 5.97 Å². The summed E-state index contributed by atoms with van der Waals surface area (Å²) in [4.78, 5) is 38.4. The van der Waals surface area contributed by atoms with E-state index in [0.29, 0.717) is 6.54 Å². The molecule has 7 nitrogen and oxygen atoms in total. The van der Waals surface area contributed by atoms with Crippen molar-refractivity contribution < 1.29 is 14.7 Å². The average molecular weight is 349 g/mol. The van der Waals surface area contributed by atoms with E-state index < -0.39 is 5.97 Å². The first-order valence-corrected chi connectivity index (χ1v) is 8.88. The van der Waals surface area contributed by atoms with Gasteiger partial charge in [0.1, 0.15) is 0 Å². The van der Waals surface area contributed by atoms with Gasteiger partial charge in [0, 0.05) is 51.9 Å². The molecule has 7 heteroatoms. The van der Waals surface area contributed by atoms with E-state index in [1.807, 2.05) is 12.3 Å². The number of carbonyl (C=O) groups is 2. The zero-order chi connectivity index (χ0) is 18.2. The van der Waals surface area contributed by atoms with Crippen molar-refractivity contribution in [2.45, 2.75) is 45.1 Å². The van der Waals surface area contributed by atoms with Crippen LogP contribution in [0.2, 0.25) is 0 Å². The number of aromatic nitrogens is 1. The minimum Gasteiger partial charge on any atom is -0.481 e. The van der Waals surface area contributed by atoms with Crippen LogP contribution in [0.15, 0.2) is 23.1 Å². The third-order valence-corrected chi connectivity index (χ3v) is 4.59. The van der Waals surface area contributed by atoms with E-state index in [4.69, 9.17) is 5.11 Å². The number of amides is 1. The van der Waals surface area contributed by atoms with Crippen molar-refractivity contribution in [2.24, 2.45) is 0 Å². The van der Waals surface area contributed by atoms with Crippen LogP contribution in [0.4, 0.5) is 5.69 Å². The molecular weight excluding hydrogens is 322 g/mol. The van der Waals surface area contributed by atoms with Crippen molar-refractivity contribution in [1.29, 1.82) is 0 Å². The van der Waals surface area contributed by atoms with Gasteiger partial charge in [-0.1, -0.05) is 12.8 Å². The third-order valence-electron chi connectivity index (χ3n) is 4.59. The smallest absolute Gasteiger partial charge is 0.305 e. The van der Waals surface area contributed by atoms with E-state index in [0.717, 1.165) is 31.6 Å². The summed E-state index contributed by atoms with van der Waals surface area (Å²) in [6, 6.07) is 3.41. The molecule has 1 aromatic heterocycles. The predicted octanol–water partition coefficient (Wildman–Crippen LogP) is 1.55. The SMILES string of the molecule is CN(CCC(=O)O)C(=O)CCn1cc(N2CCCCCC2)ccc1=O. The summed E-state index contributed by atoms with van der Waals surface area (Å²) in [5.41, 5.74) is 0.896. The number of aliphatic carboxylic acids is 1. The highest BCUT2D eigenvalue weighted by atomic mass is 16.4. The van der Waals surface area contributed by atoms with Gasteiger partial charge < -0.3 is 19.5 Å². The Hall–Kier alpha value is -2.31. The summed E-state index contributed by atoms with van der Waals surface area (Å²) >= 11 is 0. The van der Waals surface area contributed by atoms with E-state index >= 15 is 0 Å². The van der Waals surface area contributed by atoms with Gasteiger partial charge in [0.15, 0.2) is 0 Å². The molecule has 0 bridgehead atoms. The number of carboxylic acid groups (broad SMARTS) is 1. The van der Waals surface area contributed by atoms with Gasteiger partial charge in [-0.15, -0.1) is 0 Å². The van der Waals surface area contributed by atoms with E-state index in [9.17, 15) is 14.4 Å². The van der Waals surface area contributed by atoms with Gasteiger partial charge in [0.2, 0.25) is 5.91 Å². The van der Waals surface area contributed by atoms with E-state index in [-0.39, 0.29) is 30.9 Å². The number of carbonyl (C=O) groups excluding carboxylic acids is 1. The van der Waals surface area contributed by atoms with Crippen LogP contribution >= 0.6 is 0 Å². The van der Waals surface area contributed by atoms with Gasteiger partial charge in [-0.05, 0) is 18.9 Å². The molecule has 2 rings (SSSR count). The molecule has 2 heterocycles. The molecule has 0 atom stereocenters. The van der Waals surface area contributed by atoms with Crippen molar-refractivity contribution in [1.82, 2.24) is 9.47 Å². The Bertz CT molecular complexity index is 648. The minimum atomic E-state index is -0.930. The summed E-state index contributed by atoms with van der Waals surface area (Å²) in [5, 5.41) is 8.67. The highest BCUT2D eigenvalue weighted by molar-refractivity contribution is 5.76. The van der Waals surface area contributed by atoms with E-state index in [2.05, 4.69) is 4.90 Å². The molecule has 1 amide bonds. The predicted molar refractivity (Wildman–Crippen MR) is 95.9 cm³/mol. The fourth-order valence-electron chi connectivity index (χ4n) is 3.00. The second kappa shape index (κ2) is 9.25. The van der Waals surface area contributed by atoms with Crippen molar-refractivity contribution in [3.63, 3.8) is 0 Å². The molecule has 1 aliphatic heterocycles. The van der Waals surface area contributed by atoms with Crippen molar-refractivity contribution in [3.8, 4) is 0 Å². The zero-order valence-corrected chi connectivity index (χ0v) is 14.8. The Kier molecular flexibility index (Phi) is 7.03. The summed E-state index contributed by atoms with van der Waals surface area (Å²) in [6.07, 6.45) is 6.74. The summed E-state index contributed by atoms with van der Waals surface area (Å²) < 4.78 is 1.57. The number of rotatable bonds is 7. The fraction of sp³-hybridized carbons (Fsp3) is 0.611. The molecule has 0 unspecified atom stereocenters. The quantitative estimate of drug-likeness (QED) is 0.808. The summed E-state index contributed by atoms with van der Waals surface area (Å²) in [6.45, 7) is 2.47. The fourth-order valence-corrected chi connectivity index (χ4v) is 3.00. The van der Waals surface area contributed by atoms with E-state index in [1.54, 1.807) is 17.7 Å². The number of anilines is 1. The van der Waals surface area contributed by atoms with Crippen LogP contribution in [0, 0.1) is 0 Å². The maximum Gasteiger partial charge on any atom is 0.305 e. The molecule has 0 spiro atoms. The molecule has 1 aromatic rings. The number of pyridine rings is 1. The minimum absolute atomic E-state index is 0.0768. The topological polar surface area (TPSA) is 82.8 Å². The first-order valence-electron chi connectivity index (χ1n) is 8.88. The summed E-state index contributed by atoms with van der Waals surface area (Å²) in [5.74, 6) is -1.09. The van der Waals surface area contributed by atoms with Crippen molar-refractivity contribution in [2.75, 3.05) is 31.6 Å². The van der Waals surface area contributed by atoms with Gasteiger partial charge in [-0.2, -0.15) is 0 Å². The zero-order valence-electron chi connectivity index (χ0n) is 14.8. The second-order valence-corrected chi connectivity index (χ2v) is 6.53. The highest BCUT2D eigenvalue weighted by Crippen LogP contribution is 2.18. The Labute approximate surface area is 147 Å². The lowest BCUT2D eigenvalue weighted by atomic mass is 10.2. The normalized spacial score (nSPS) is 14.8. The van der Waals surface area contributed by atoms with Crippen molar-refractivity contribution in [3.05, 3.63) is 28.7 Å². The highest BCUT2D eigenvalue weighted by Gasteiger charge is 2.13. The van der Waals surface area contributed by atoms with Crippen LogP contribution in [0.3, 0.4) is 0 Å². The van der Waals surface area contributed by atoms with Crippen LogP contribution < -0.4 is 10.5 Å². The molecule has 1 N–H and O–H groups in total. The molecule has 138 valence electrons. The Balaban J connectivity index is 1.96. The Morgan fingerprint density at radius 1 is 1.12 bits per heavy atom. The van der Waals surface area contributed by atoms with Crippen LogP contribution in [-0.2, 0) is 16.1 Å². The van der Waals surface area contributed by atoms with Crippen LogP contribution in [0.1, 0.15) is 38.5 Å². The second-order valence-electron chi connectivity index (χ2n) is 6.53. The van der Waals surface area contributed by atoms with Crippen LogP contribution in [0.25, 0.3) is 0 Å². The number of aryl methyl sites for hydroxylation is 1. The van der Waals surface area contributed by atoms with Gasteiger partial charge in [0.25, 0.3) is 5.56 Å². The lowest BCUT2D eigenvalue weighted by molar-refractivity contribution is -0.138. The van der Waals surface area contributed by atoms with Crippen LogP contribution in [-0.4, -0.2) is 53.1 Å². The van der Waals surface area contributed by atoms with Gasteiger partial charge in [-0.3, -0.25) is 14.4 Å². The Morgan fingerprint density at radius 3 is 2.44 bits per heavy atom. The number of nitrogens with zero attached hydrogens (tertiary/aromatic N) is 3. The Morgan fingerprint density at radius 2 is 1.80 bits per heavy atom. The first-order chi connectivity index (χ1) is 12.0. The third kappa shape index (κ3) is 5.92. The molecule has 0 saturated carbocycles. The molecule has 0 aliphatic carbocycles. The molecule has 0 radical (unpaired) electrons. The van der Waals surface area contributed by atoms with E-state index in [1.165, 1.54) is 17.7 Å². The average Bonchev–Trinajstić information content (AvgIpc) is 2.88. The standard InChI is InChI=1S/C18H27N3O4/c1-19(12-9-18(24)25)16(22)8-13-21-14-15(6-7-17(21)23)20-10-4-2-3-5-11-20/h6-7,14H,2-5,8-13H2,1H3,(H,24,25). The number of hydrogen-bond donors (Lipinski definition) is 1. The lowest BCUT2D eigenvalue weighted by Gasteiger charge is -2.23. The number of carboxylic acids is 1. The molecule has 25 heavy (non-hydrogen) atoms. The molecular formula is C18H27N3O4. The van der Waals surface area contributed by atoms with Crippen molar-refractivity contribution >= 4 is 17.6 Å². The lowest BCUT2D eigenvalue weighted by Crippen LogP contribution is -2.31. The van der Waals surface area contributed by atoms with Crippen LogP contribution in [0.5, 0.6) is 0 Å². The summed E-state index contributed by atoms with van der Waals surface area (Å²) in [7, 11) is 1.59.